The van der Waals surface area contributed by atoms with Crippen LogP contribution in [0.4, 0.5) is 14.9 Å². The van der Waals surface area contributed by atoms with E-state index in [1.165, 1.54) is 14.0 Å². The van der Waals surface area contributed by atoms with Crippen LogP contribution in [0.15, 0.2) is 35.9 Å². The maximum atomic E-state index is 13.7. The quantitative estimate of drug-likeness (QED) is 0.413. The van der Waals surface area contributed by atoms with Crippen LogP contribution >= 0.6 is 11.6 Å². The number of benzene rings is 1. The molecular formula is C18H23ClFNO5. The zero-order chi connectivity index (χ0) is 19.7. The molecule has 1 N–H and O–H groups in total. The van der Waals surface area contributed by atoms with Gasteiger partial charge in [0.15, 0.2) is 5.67 Å². The summed E-state index contributed by atoms with van der Waals surface area (Å²) in [6, 6.07) is 6.24. The molecule has 0 aromatic heterocycles. The Labute approximate surface area is 157 Å². The van der Waals surface area contributed by atoms with Gasteiger partial charge in [-0.1, -0.05) is 6.08 Å². The average molecular weight is 388 g/mol. The smallest absolute Gasteiger partial charge is 0.412 e. The first kappa shape index (κ1) is 21.8. The first-order chi connectivity index (χ1) is 12.2. The highest BCUT2D eigenvalue weighted by Gasteiger charge is 2.25. The molecule has 1 rings (SSSR count). The van der Waals surface area contributed by atoms with Crippen molar-refractivity contribution in [1.82, 2.24) is 0 Å². The van der Waals surface area contributed by atoms with E-state index >= 15 is 0 Å². The Morgan fingerprint density at radius 2 is 1.96 bits per heavy atom. The Morgan fingerprint density at radius 1 is 1.35 bits per heavy atom. The molecule has 0 radical (unpaired) electrons. The summed E-state index contributed by atoms with van der Waals surface area (Å²) in [7, 11) is 1.21. The highest BCUT2D eigenvalue weighted by Crippen LogP contribution is 2.20. The minimum Gasteiger partial charge on any atom is -0.490 e. The molecule has 2 unspecified atom stereocenters. The number of nitrogens with one attached hydrogen (secondary N) is 1. The van der Waals surface area contributed by atoms with Gasteiger partial charge in [-0.05, 0) is 50.6 Å². The van der Waals surface area contributed by atoms with Crippen LogP contribution in [0.2, 0.25) is 0 Å². The molecule has 1 aromatic rings. The predicted octanol–water partition coefficient (Wildman–Crippen LogP) is 4.09. The van der Waals surface area contributed by atoms with Crippen molar-refractivity contribution in [2.75, 3.05) is 24.9 Å². The summed E-state index contributed by atoms with van der Waals surface area (Å²) in [5, 5.41) is 2.49. The number of carbonyl (C=O) groups excluding carboxylic acids is 2. The lowest BCUT2D eigenvalue weighted by molar-refractivity contribution is -0.148. The van der Waals surface area contributed by atoms with Gasteiger partial charge in [0, 0.05) is 5.69 Å². The molecule has 144 valence electrons. The molecular weight excluding hydrogens is 365 g/mol. The van der Waals surface area contributed by atoms with Gasteiger partial charge in [0.1, 0.15) is 12.4 Å². The number of esters is 1. The van der Waals surface area contributed by atoms with Crippen LogP contribution in [0, 0.1) is 0 Å². The molecule has 8 heteroatoms. The third-order valence-electron chi connectivity index (χ3n) is 3.43. The lowest BCUT2D eigenvalue weighted by Crippen LogP contribution is -2.31. The predicted molar refractivity (Wildman–Crippen MR) is 97.5 cm³/mol. The van der Waals surface area contributed by atoms with Crippen LogP contribution < -0.4 is 10.1 Å². The third kappa shape index (κ3) is 6.92. The van der Waals surface area contributed by atoms with Crippen molar-refractivity contribution >= 4 is 29.4 Å². The van der Waals surface area contributed by atoms with Crippen LogP contribution in [0.1, 0.15) is 20.8 Å². The van der Waals surface area contributed by atoms with E-state index in [0.29, 0.717) is 17.0 Å². The van der Waals surface area contributed by atoms with Crippen molar-refractivity contribution in [2.45, 2.75) is 32.5 Å². The molecule has 0 saturated carbocycles. The fraction of sp³-hybridized carbons (Fsp3) is 0.444. The van der Waals surface area contributed by atoms with Crippen LogP contribution in [0.25, 0.3) is 0 Å². The van der Waals surface area contributed by atoms with Crippen LogP contribution in [0.3, 0.4) is 0 Å². The lowest BCUT2D eigenvalue weighted by Gasteiger charge is -2.18. The first-order valence-electron chi connectivity index (χ1n) is 7.88. The number of rotatable bonds is 8. The van der Waals surface area contributed by atoms with E-state index in [0.717, 1.165) is 0 Å². The first-order valence-corrected chi connectivity index (χ1v) is 8.42. The Morgan fingerprint density at radius 3 is 2.46 bits per heavy atom. The fourth-order valence-corrected chi connectivity index (χ4v) is 1.82. The van der Waals surface area contributed by atoms with E-state index < -0.39 is 23.8 Å². The van der Waals surface area contributed by atoms with Gasteiger partial charge in [0.05, 0.1) is 13.0 Å². The summed E-state index contributed by atoms with van der Waals surface area (Å²) in [6.07, 6.45) is -0.278. The van der Waals surface area contributed by atoms with Crippen molar-refractivity contribution in [3.05, 3.63) is 35.9 Å². The van der Waals surface area contributed by atoms with Gasteiger partial charge in [0.2, 0.25) is 6.10 Å². The molecule has 2 atom stereocenters. The van der Waals surface area contributed by atoms with E-state index in [2.05, 4.69) is 10.1 Å². The minimum atomic E-state index is -1.63. The number of anilines is 1. The zero-order valence-corrected chi connectivity index (χ0v) is 15.9. The van der Waals surface area contributed by atoms with Gasteiger partial charge >= 0.3 is 12.1 Å². The molecule has 0 aliphatic heterocycles. The molecule has 1 aromatic carbocycles. The van der Waals surface area contributed by atoms with Crippen molar-refractivity contribution in [1.29, 1.82) is 0 Å². The Hall–Kier alpha value is -2.28. The molecule has 26 heavy (non-hydrogen) atoms. The molecule has 1 amide bonds. The molecule has 6 nitrogen and oxygen atoms in total. The zero-order valence-electron chi connectivity index (χ0n) is 15.2. The van der Waals surface area contributed by atoms with Crippen molar-refractivity contribution < 1.29 is 28.2 Å². The number of alkyl halides is 2. The van der Waals surface area contributed by atoms with Gasteiger partial charge in [-0.2, -0.15) is 0 Å². The van der Waals surface area contributed by atoms with E-state index in [9.17, 15) is 14.0 Å². The second-order valence-electron chi connectivity index (χ2n) is 5.83. The topological polar surface area (TPSA) is 73.9 Å². The molecule has 0 fully saturated rings. The summed E-state index contributed by atoms with van der Waals surface area (Å²) in [5.41, 5.74) is -0.663. The van der Waals surface area contributed by atoms with Gasteiger partial charge in [-0.3, -0.25) is 5.32 Å². The largest absolute Gasteiger partial charge is 0.490 e. The van der Waals surface area contributed by atoms with Crippen LogP contribution in [0.5, 0.6) is 5.75 Å². The Balaban J connectivity index is 2.65. The minimum absolute atomic E-state index is 0.175. The normalized spacial score (nSPS) is 14.8. The Bertz CT molecular complexity index is 645. The van der Waals surface area contributed by atoms with Crippen molar-refractivity contribution in [2.24, 2.45) is 0 Å². The average Bonchev–Trinajstić information content (AvgIpc) is 2.64. The fourth-order valence-electron chi connectivity index (χ4n) is 1.75. The summed E-state index contributed by atoms with van der Waals surface area (Å²) in [4.78, 5) is 23.7. The van der Waals surface area contributed by atoms with Crippen LogP contribution in [-0.2, 0) is 14.3 Å². The SMILES string of the molecule is C/C=C(\C)C(OC(=O)Nc1ccc(OCC(C)(F)CCl)cc1)C(=O)OC. The molecule has 0 bridgehead atoms. The number of allylic oxidation sites excluding steroid dienone is 1. The molecule has 0 saturated heterocycles. The molecule has 0 heterocycles. The van der Waals surface area contributed by atoms with Gasteiger partial charge < -0.3 is 14.2 Å². The highest BCUT2D eigenvalue weighted by molar-refractivity contribution is 6.18. The van der Waals surface area contributed by atoms with E-state index in [-0.39, 0.29) is 12.5 Å². The lowest BCUT2D eigenvalue weighted by atomic mass is 10.1. The van der Waals surface area contributed by atoms with Gasteiger partial charge in [-0.15, -0.1) is 11.6 Å². The number of ether oxygens (including phenoxy) is 3. The van der Waals surface area contributed by atoms with Crippen LogP contribution in [-0.4, -0.2) is 43.4 Å². The molecule has 0 spiro atoms. The maximum absolute atomic E-state index is 13.7. The van der Waals surface area contributed by atoms with Crippen molar-refractivity contribution in [3.63, 3.8) is 0 Å². The second-order valence-corrected chi connectivity index (χ2v) is 6.09. The van der Waals surface area contributed by atoms with Crippen molar-refractivity contribution in [3.8, 4) is 5.75 Å². The van der Waals surface area contributed by atoms with Gasteiger partial charge in [-0.25, -0.2) is 14.0 Å². The summed E-state index contributed by atoms with van der Waals surface area (Å²) in [6.45, 7) is 4.53. The highest BCUT2D eigenvalue weighted by atomic mass is 35.5. The van der Waals surface area contributed by atoms with Gasteiger partial charge in [0.25, 0.3) is 0 Å². The number of carbonyl (C=O) groups is 2. The monoisotopic (exact) mass is 387 g/mol. The van der Waals surface area contributed by atoms with E-state index in [1.54, 1.807) is 44.2 Å². The number of amides is 1. The maximum Gasteiger partial charge on any atom is 0.412 e. The van der Waals surface area contributed by atoms with E-state index in [1.807, 2.05) is 0 Å². The number of methoxy groups -OCH3 is 1. The standard InChI is InChI=1S/C18H23ClFNO5/c1-5-12(2)15(16(22)24-4)26-17(23)21-13-6-8-14(9-7-13)25-11-18(3,20)10-19/h5-9,15H,10-11H2,1-4H3,(H,21,23)/b12-5+. The second kappa shape index (κ2) is 10.0. The number of hydrogen-bond acceptors (Lipinski definition) is 5. The summed E-state index contributed by atoms with van der Waals surface area (Å²) in [5.74, 6) is -0.422. The number of halogens is 2. The summed E-state index contributed by atoms with van der Waals surface area (Å²) >= 11 is 5.50. The summed E-state index contributed by atoms with van der Waals surface area (Å²) < 4.78 is 28.7. The molecule has 0 aliphatic rings. The number of hydrogen-bond donors (Lipinski definition) is 1. The Kier molecular flexibility index (Phi) is 8.38. The third-order valence-corrected chi connectivity index (χ3v) is 3.99. The molecule has 0 aliphatic carbocycles. The van der Waals surface area contributed by atoms with E-state index in [4.69, 9.17) is 21.1 Å².